The van der Waals surface area contributed by atoms with Crippen LogP contribution in [0.25, 0.3) is 0 Å². The van der Waals surface area contributed by atoms with Gasteiger partial charge in [0, 0.05) is 17.9 Å². The number of rotatable bonds is 7. The number of aryl methyl sites for hydroxylation is 2. The summed E-state index contributed by atoms with van der Waals surface area (Å²) in [5.41, 5.74) is 4.35. The number of amides is 2. The topological polar surface area (TPSA) is 88.9 Å². The first-order chi connectivity index (χ1) is 15.0. The number of anilines is 2. The summed E-state index contributed by atoms with van der Waals surface area (Å²) in [5, 5.41) is 10.8. The molecular formula is C23H25N5O2S. The number of carbonyl (C=O) groups is 2. The molecule has 7 nitrogen and oxygen atoms in total. The number of hydrogen-bond acceptors (Lipinski definition) is 5. The largest absolute Gasteiger partial charge is 0.326 e. The second-order valence-corrected chi connectivity index (χ2v) is 8.61. The molecule has 2 aromatic carbocycles. The number of hydrogen-bond donors (Lipinski definition) is 2. The molecule has 1 unspecified atom stereocenters. The SMILES string of the molecule is CCc1ccc(NC(=O)CC2Cn3nc(SCc4ccc(C)cc4)nc3NC2=O)cc1. The number of carbonyl (C=O) groups excluding carboxylic acids is 2. The van der Waals surface area contributed by atoms with Gasteiger partial charge in [-0.05, 0) is 36.6 Å². The van der Waals surface area contributed by atoms with E-state index in [2.05, 4.69) is 58.8 Å². The molecule has 8 heteroatoms. The van der Waals surface area contributed by atoms with Crippen molar-refractivity contribution in [2.75, 3.05) is 10.6 Å². The van der Waals surface area contributed by atoms with Gasteiger partial charge in [0.2, 0.25) is 22.9 Å². The van der Waals surface area contributed by atoms with E-state index in [1.165, 1.54) is 28.5 Å². The normalized spacial score (nSPS) is 15.3. The van der Waals surface area contributed by atoms with Gasteiger partial charge in [-0.2, -0.15) is 4.98 Å². The molecule has 1 aliphatic heterocycles. The fraction of sp³-hybridized carbons (Fsp3) is 0.304. The molecule has 3 aromatic rings. The van der Waals surface area contributed by atoms with E-state index in [0.717, 1.165) is 17.9 Å². The van der Waals surface area contributed by atoms with Gasteiger partial charge in [0.1, 0.15) is 0 Å². The Hall–Kier alpha value is -3.13. The van der Waals surface area contributed by atoms with E-state index < -0.39 is 5.92 Å². The lowest BCUT2D eigenvalue weighted by molar-refractivity contribution is -0.126. The number of nitrogens with one attached hydrogen (secondary N) is 2. The van der Waals surface area contributed by atoms with Gasteiger partial charge in [-0.3, -0.25) is 14.9 Å². The highest BCUT2D eigenvalue weighted by molar-refractivity contribution is 7.98. The van der Waals surface area contributed by atoms with Gasteiger partial charge in [-0.25, -0.2) is 4.68 Å². The second kappa shape index (κ2) is 9.34. The van der Waals surface area contributed by atoms with Gasteiger partial charge in [0.15, 0.2) is 0 Å². The van der Waals surface area contributed by atoms with E-state index in [9.17, 15) is 9.59 Å². The third-order valence-corrected chi connectivity index (χ3v) is 6.13. The van der Waals surface area contributed by atoms with Crippen molar-refractivity contribution in [1.82, 2.24) is 14.8 Å². The predicted molar refractivity (Wildman–Crippen MR) is 122 cm³/mol. The van der Waals surface area contributed by atoms with Crippen molar-refractivity contribution in [3.63, 3.8) is 0 Å². The predicted octanol–water partition coefficient (Wildman–Crippen LogP) is 4.04. The van der Waals surface area contributed by atoms with Crippen LogP contribution >= 0.6 is 11.8 Å². The molecule has 0 saturated heterocycles. The Bertz CT molecular complexity index is 1080. The third-order valence-electron chi connectivity index (χ3n) is 5.22. The van der Waals surface area contributed by atoms with E-state index in [-0.39, 0.29) is 18.2 Å². The Balaban J connectivity index is 1.34. The minimum Gasteiger partial charge on any atom is -0.326 e. The fourth-order valence-electron chi connectivity index (χ4n) is 3.36. The van der Waals surface area contributed by atoms with Crippen LogP contribution in [0.4, 0.5) is 11.6 Å². The molecule has 0 aliphatic carbocycles. The minimum atomic E-state index is -0.487. The molecule has 0 saturated carbocycles. The lowest BCUT2D eigenvalue weighted by atomic mass is 10.0. The summed E-state index contributed by atoms with van der Waals surface area (Å²) >= 11 is 1.52. The van der Waals surface area contributed by atoms with Crippen LogP contribution in [0.2, 0.25) is 0 Å². The van der Waals surface area contributed by atoms with Gasteiger partial charge < -0.3 is 5.32 Å². The lowest BCUT2D eigenvalue weighted by Crippen LogP contribution is -2.36. The molecule has 1 aromatic heterocycles. The zero-order valence-electron chi connectivity index (χ0n) is 17.6. The molecule has 160 valence electrons. The summed E-state index contributed by atoms with van der Waals surface area (Å²) in [6, 6.07) is 16.1. The monoisotopic (exact) mass is 435 g/mol. The zero-order valence-corrected chi connectivity index (χ0v) is 18.4. The molecule has 31 heavy (non-hydrogen) atoms. The molecule has 0 bridgehead atoms. The molecule has 1 atom stereocenters. The lowest BCUT2D eigenvalue weighted by Gasteiger charge is -2.21. The number of fused-ring (bicyclic) bond motifs is 1. The summed E-state index contributed by atoms with van der Waals surface area (Å²) in [6.07, 6.45) is 1.04. The van der Waals surface area contributed by atoms with Gasteiger partial charge >= 0.3 is 0 Å². The van der Waals surface area contributed by atoms with E-state index in [1.54, 1.807) is 4.68 Å². The van der Waals surface area contributed by atoms with Gasteiger partial charge in [-0.15, -0.1) is 5.10 Å². The highest BCUT2D eigenvalue weighted by Gasteiger charge is 2.30. The number of benzene rings is 2. The molecule has 2 amide bonds. The van der Waals surface area contributed by atoms with Crippen molar-refractivity contribution in [3.8, 4) is 0 Å². The molecule has 1 aliphatic rings. The number of aromatic nitrogens is 3. The van der Waals surface area contributed by atoms with Crippen molar-refractivity contribution in [3.05, 3.63) is 65.2 Å². The van der Waals surface area contributed by atoms with Gasteiger partial charge in [0.25, 0.3) is 0 Å². The van der Waals surface area contributed by atoms with Crippen molar-refractivity contribution in [2.24, 2.45) is 5.92 Å². The van der Waals surface area contributed by atoms with E-state index in [0.29, 0.717) is 17.6 Å². The van der Waals surface area contributed by atoms with Crippen LogP contribution in [-0.2, 0) is 28.3 Å². The van der Waals surface area contributed by atoms with Crippen LogP contribution in [-0.4, -0.2) is 26.6 Å². The average molecular weight is 436 g/mol. The molecular weight excluding hydrogens is 410 g/mol. The molecule has 0 spiro atoms. The van der Waals surface area contributed by atoms with E-state index in [4.69, 9.17) is 0 Å². The first-order valence-electron chi connectivity index (χ1n) is 10.3. The molecule has 0 radical (unpaired) electrons. The van der Waals surface area contributed by atoms with Crippen LogP contribution in [0, 0.1) is 12.8 Å². The average Bonchev–Trinajstić information content (AvgIpc) is 3.15. The van der Waals surface area contributed by atoms with E-state index in [1.807, 2.05) is 24.3 Å². The highest BCUT2D eigenvalue weighted by atomic mass is 32.2. The Morgan fingerprint density at radius 2 is 1.87 bits per heavy atom. The Morgan fingerprint density at radius 1 is 1.16 bits per heavy atom. The zero-order chi connectivity index (χ0) is 21.8. The fourth-order valence-corrected chi connectivity index (χ4v) is 4.15. The van der Waals surface area contributed by atoms with Crippen LogP contribution in [0.3, 0.4) is 0 Å². The van der Waals surface area contributed by atoms with Crippen LogP contribution in [0.5, 0.6) is 0 Å². The first-order valence-corrected chi connectivity index (χ1v) is 11.3. The maximum atomic E-state index is 12.5. The summed E-state index contributed by atoms with van der Waals surface area (Å²) in [5.74, 6) is 0.302. The summed E-state index contributed by atoms with van der Waals surface area (Å²) < 4.78 is 1.67. The molecule has 4 rings (SSSR count). The quantitative estimate of drug-likeness (QED) is 0.547. The molecule has 2 N–H and O–H groups in total. The van der Waals surface area contributed by atoms with E-state index >= 15 is 0 Å². The smallest absolute Gasteiger partial charge is 0.232 e. The maximum absolute atomic E-state index is 12.5. The van der Waals surface area contributed by atoms with Crippen molar-refractivity contribution in [1.29, 1.82) is 0 Å². The standard InChI is InChI=1S/C23H25N5O2S/c1-3-16-8-10-19(11-9-16)24-20(29)12-18-13-28-22(25-21(18)30)26-23(27-28)31-14-17-6-4-15(2)5-7-17/h4-11,18H,3,12-14H2,1-2H3,(H,24,29)(H,25,26,27,30). The Labute approximate surface area is 185 Å². The molecule has 2 heterocycles. The molecule has 0 fully saturated rings. The second-order valence-electron chi connectivity index (χ2n) is 7.66. The van der Waals surface area contributed by atoms with Crippen molar-refractivity contribution >= 4 is 35.2 Å². The summed E-state index contributed by atoms with van der Waals surface area (Å²) in [4.78, 5) is 29.3. The van der Waals surface area contributed by atoms with Crippen LogP contribution in [0.1, 0.15) is 30.0 Å². The van der Waals surface area contributed by atoms with Crippen LogP contribution < -0.4 is 10.6 Å². The van der Waals surface area contributed by atoms with Crippen molar-refractivity contribution < 1.29 is 9.59 Å². The third kappa shape index (κ3) is 5.32. The number of thioether (sulfide) groups is 1. The van der Waals surface area contributed by atoms with Crippen molar-refractivity contribution in [2.45, 2.75) is 44.1 Å². The highest BCUT2D eigenvalue weighted by Crippen LogP contribution is 2.25. The maximum Gasteiger partial charge on any atom is 0.232 e. The Morgan fingerprint density at radius 3 is 2.58 bits per heavy atom. The summed E-state index contributed by atoms with van der Waals surface area (Å²) in [7, 11) is 0. The van der Waals surface area contributed by atoms with Crippen LogP contribution in [0.15, 0.2) is 53.7 Å². The Kier molecular flexibility index (Phi) is 6.36. The minimum absolute atomic E-state index is 0.0898. The number of nitrogens with zero attached hydrogens (tertiary/aromatic N) is 3. The summed E-state index contributed by atoms with van der Waals surface area (Å²) in [6.45, 7) is 4.48. The first kappa shape index (κ1) is 21.1. The van der Waals surface area contributed by atoms with Gasteiger partial charge in [0.05, 0.1) is 12.5 Å². The van der Waals surface area contributed by atoms with Gasteiger partial charge in [-0.1, -0.05) is 60.6 Å².